The summed E-state index contributed by atoms with van der Waals surface area (Å²) in [7, 11) is 1.50. The van der Waals surface area contributed by atoms with Crippen LogP contribution in [0.2, 0.25) is 0 Å². The summed E-state index contributed by atoms with van der Waals surface area (Å²) in [6.45, 7) is 3.59. The Morgan fingerprint density at radius 1 is 1.41 bits per heavy atom. The minimum Gasteiger partial charge on any atom is -0.390 e. The Hall–Kier alpha value is -0.530. The van der Waals surface area contributed by atoms with Crippen LogP contribution >= 0.6 is 0 Å². The molecule has 0 aromatic rings. The van der Waals surface area contributed by atoms with Crippen molar-refractivity contribution in [1.29, 1.82) is 0 Å². The van der Waals surface area contributed by atoms with Crippen molar-refractivity contribution in [3.8, 4) is 0 Å². The largest absolute Gasteiger partial charge is 0.390 e. The molecule has 0 unspecified atom stereocenters. The molecule has 0 amide bonds. The van der Waals surface area contributed by atoms with E-state index in [0.29, 0.717) is 6.29 Å². The highest BCUT2D eigenvalue weighted by Crippen LogP contribution is 2.40. The van der Waals surface area contributed by atoms with Gasteiger partial charge in [0.25, 0.3) is 0 Å². The third-order valence-electron chi connectivity index (χ3n) is 3.00. The van der Waals surface area contributed by atoms with E-state index in [-0.39, 0.29) is 12.5 Å². The second-order valence-electron chi connectivity index (χ2n) is 4.74. The van der Waals surface area contributed by atoms with Crippen molar-refractivity contribution in [2.75, 3.05) is 7.11 Å². The van der Waals surface area contributed by atoms with E-state index >= 15 is 0 Å². The van der Waals surface area contributed by atoms with E-state index in [9.17, 15) is 9.90 Å². The first kappa shape index (κ1) is 12.9. The minimum atomic E-state index is -0.905. The van der Waals surface area contributed by atoms with E-state index in [1.807, 2.05) is 0 Å². The van der Waals surface area contributed by atoms with Crippen LogP contribution in [-0.4, -0.2) is 55.0 Å². The minimum absolute atomic E-state index is 0.00805. The van der Waals surface area contributed by atoms with Crippen LogP contribution in [0.5, 0.6) is 0 Å². The molecular weight excluding hydrogens is 228 g/mol. The maximum absolute atomic E-state index is 10.4. The van der Waals surface area contributed by atoms with Gasteiger partial charge in [-0.25, -0.2) is 0 Å². The van der Waals surface area contributed by atoms with E-state index in [2.05, 4.69) is 0 Å². The van der Waals surface area contributed by atoms with Gasteiger partial charge in [-0.1, -0.05) is 0 Å². The SMILES string of the molecule is CO[C@@H]1O[C@H]([C@H](O)CC=O)[C@H]2OC(C)(C)O[C@@H]12. The van der Waals surface area contributed by atoms with Crippen molar-refractivity contribution >= 4 is 6.29 Å². The first-order valence-corrected chi connectivity index (χ1v) is 5.64. The zero-order chi connectivity index (χ0) is 12.6. The summed E-state index contributed by atoms with van der Waals surface area (Å²) in [5.41, 5.74) is 0. The number of hydrogen-bond donors (Lipinski definition) is 1. The summed E-state index contributed by atoms with van der Waals surface area (Å²) in [5.74, 6) is -0.727. The molecule has 0 saturated carbocycles. The molecule has 0 aromatic carbocycles. The van der Waals surface area contributed by atoms with Gasteiger partial charge >= 0.3 is 0 Å². The predicted molar refractivity (Wildman–Crippen MR) is 56.2 cm³/mol. The third-order valence-corrected chi connectivity index (χ3v) is 3.00. The number of aliphatic hydroxyl groups is 1. The van der Waals surface area contributed by atoms with Crippen LogP contribution in [0.25, 0.3) is 0 Å². The van der Waals surface area contributed by atoms with Gasteiger partial charge in [0.05, 0.1) is 6.10 Å². The Kier molecular flexibility index (Phi) is 3.51. The molecule has 1 N–H and O–H groups in total. The van der Waals surface area contributed by atoms with Crippen molar-refractivity contribution in [2.24, 2.45) is 0 Å². The first-order chi connectivity index (χ1) is 7.98. The smallest absolute Gasteiger partial charge is 0.186 e. The summed E-state index contributed by atoms with van der Waals surface area (Å²) in [6, 6.07) is 0. The lowest BCUT2D eigenvalue weighted by atomic mass is 10.0. The molecule has 2 aliphatic heterocycles. The molecule has 98 valence electrons. The fourth-order valence-electron chi connectivity index (χ4n) is 2.32. The highest BCUT2D eigenvalue weighted by atomic mass is 16.8. The zero-order valence-corrected chi connectivity index (χ0v) is 10.2. The number of rotatable bonds is 4. The number of fused-ring (bicyclic) bond motifs is 1. The molecule has 0 aromatic heterocycles. The van der Waals surface area contributed by atoms with Crippen LogP contribution in [-0.2, 0) is 23.7 Å². The fraction of sp³-hybridized carbons (Fsp3) is 0.909. The maximum Gasteiger partial charge on any atom is 0.186 e. The second-order valence-corrected chi connectivity index (χ2v) is 4.74. The lowest BCUT2D eigenvalue weighted by Crippen LogP contribution is -2.38. The van der Waals surface area contributed by atoms with Crippen molar-refractivity contribution in [3.05, 3.63) is 0 Å². The predicted octanol–water partition coefficient (Wildman–Crippen LogP) is -0.172. The average molecular weight is 246 g/mol. The molecule has 5 atom stereocenters. The molecule has 0 aliphatic carbocycles. The Morgan fingerprint density at radius 2 is 2.06 bits per heavy atom. The van der Waals surface area contributed by atoms with Crippen LogP contribution in [0, 0.1) is 0 Å². The molecule has 2 saturated heterocycles. The van der Waals surface area contributed by atoms with Crippen molar-refractivity contribution in [1.82, 2.24) is 0 Å². The summed E-state index contributed by atoms with van der Waals surface area (Å²) in [6.07, 6.45) is -2.20. The molecule has 0 spiro atoms. The molecule has 2 rings (SSSR count). The van der Waals surface area contributed by atoms with Gasteiger partial charge in [0.1, 0.15) is 24.6 Å². The molecule has 6 nitrogen and oxygen atoms in total. The molecule has 2 fully saturated rings. The molecule has 0 bridgehead atoms. The fourth-order valence-corrected chi connectivity index (χ4v) is 2.32. The van der Waals surface area contributed by atoms with Crippen LogP contribution < -0.4 is 0 Å². The summed E-state index contributed by atoms with van der Waals surface area (Å²) in [5, 5.41) is 9.83. The van der Waals surface area contributed by atoms with Crippen LogP contribution in [0.1, 0.15) is 20.3 Å². The summed E-state index contributed by atoms with van der Waals surface area (Å²) in [4.78, 5) is 10.4. The van der Waals surface area contributed by atoms with Gasteiger partial charge < -0.3 is 28.8 Å². The number of carbonyl (C=O) groups is 1. The van der Waals surface area contributed by atoms with Gasteiger partial charge in [-0.05, 0) is 13.8 Å². The average Bonchev–Trinajstić information content (AvgIpc) is 2.71. The van der Waals surface area contributed by atoms with E-state index < -0.39 is 30.4 Å². The van der Waals surface area contributed by atoms with Crippen molar-refractivity contribution < 1.29 is 28.8 Å². The normalized spacial score (nSPS) is 41.2. The summed E-state index contributed by atoms with van der Waals surface area (Å²) < 4.78 is 22.0. The van der Waals surface area contributed by atoms with Gasteiger partial charge in [-0.3, -0.25) is 0 Å². The van der Waals surface area contributed by atoms with Gasteiger partial charge in [0.2, 0.25) is 0 Å². The number of hydrogen-bond acceptors (Lipinski definition) is 6. The lowest BCUT2D eigenvalue weighted by molar-refractivity contribution is -0.236. The van der Waals surface area contributed by atoms with Crippen molar-refractivity contribution in [3.63, 3.8) is 0 Å². The molecule has 0 radical (unpaired) electrons. The Labute approximate surface area is 99.8 Å². The van der Waals surface area contributed by atoms with Crippen molar-refractivity contribution in [2.45, 2.75) is 56.8 Å². The van der Waals surface area contributed by atoms with Crippen LogP contribution in [0.4, 0.5) is 0 Å². The number of carbonyl (C=O) groups excluding carboxylic acids is 1. The van der Waals surface area contributed by atoms with Gasteiger partial charge in [0.15, 0.2) is 12.1 Å². The summed E-state index contributed by atoms with van der Waals surface area (Å²) >= 11 is 0. The van der Waals surface area contributed by atoms with Gasteiger partial charge in [0, 0.05) is 13.5 Å². The Morgan fingerprint density at radius 3 is 2.65 bits per heavy atom. The molecule has 2 heterocycles. The van der Waals surface area contributed by atoms with E-state index in [4.69, 9.17) is 18.9 Å². The highest BCUT2D eigenvalue weighted by molar-refractivity contribution is 5.50. The Balaban J connectivity index is 2.12. The van der Waals surface area contributed by atoms with Gasteiger partial charge in [-0.15, -0.1) is 0 Å². The number of methoxy groups -OCH3 is 1. The topological polar surface area (TPSA) is 74.2 Å². The molecule has 2 aliphatic rings. The maximum atomic E-state index is 10.4. The van der Waals surface area contributed by atoms with Crippen LogP contribution in [0.15, 0.2) is 0 Å². The molecule has 6 heteroatoms. The quantitative estimate of drug-likeness (QED) is 0.694. The number of ether oxygens (including phenoxy) is 4. The van der Waals surface area contributed by atoms with E-state index in [1.54, 1.807) is 13.8 Å². The van der Waals surface area contributed by atoms with E-state index in [0.717, 1.165) is 0 Å². The van der Waals surface area contributed by atoms with E-state index in [1.165, 1.54) is 7.11 Å². The molecule has 17 heavy (non-hydrogen) atoms. The highest BCUT2D eigenvalue weighted by Gasteiger charge is 2.57. The molecular formula is C11H18O6. The number of aliphatic hydroxyl groups excluding tert-OH is 1. The third kappa shape index (κ3) is 2.36. The zero-order valence-electron chi connectivity index (χ0n) is 10.2. The van der Waals surface area contributed by atoms with Gasteiger partial charge in [-0.2, -0.15) is 0 Å². The lowest BCUT2D eigenvalue weighted by Gasteiger charge is -2.25. The first-order valence-electron chi connectivity index (χ1n) is 5.64. The number of aldehydes is 1. The monoisotopic (exact) mass is 246 g/mol. The standard InChI is InChI=1S/C11H18O6/c1-11(2)16-8-7(6(13)4-5-12)15-10(14-3)9(8)17-11/h5-10,13H,4H2,1-3H3/t6-,7-,8-,9-,10-/m1/s1. The Bertz CT molecular complexity index is 292. The van der Waals surface area contributed by atoms with Crippen LogP contribution in [0.3, 0.4) is 0 Å². The second kappa shape index (κ2) is 4.62.